The van der Waals surface area contributed by atoms with Crippen LogP contribution in [0.1, 0.15) is 66.9 Å². The molecule has 0 radical (unpaired) electrons. The van der Waals surface area contributed by atoms with Gasteiger partial charge in [-0.1, -0.05) is 31.2 Å². The third kappa shape index (κ3) is 3.67. The highest BCUT2D eigenvalue weighted by atomic mass is 16.5. The van der Waals surface area contributed by atoms with Crippen LogP contribution >= 0.6 is 0 Å². The highest BCUT2D eigenvalue weighted by molar-refractivity contribution is 5.91. The fraction of sp³-hybridized carbons (Fsp3) is 0.500. The molecule has 2 aromatic carbocycles. The van der Waals surface area contributed by atoms with E-state index in [9.17, 15) is 14.7 Å². The predicted molar refractivity (Wildman–Crippen MR) is 126 cm³/mol. The lowest BCUT2D eigenvalue weighted by atomic mass is 9.55. The second-order valence-corrected chi connectivity index (χ2v) is 10.5. The number of amides is 1. The first-order valence-corrected chi connectivity index (χ1v) is 12.1. The molecule has 0 aliphatic heterocycles. The van der Waals surface area contributed by atoms with E-state index in [1.807, 2.05) is 37.4 Å². The van der Waals surface area contributed by atoms with Crippen LogP contribution in [0.25, 0.3) is 0 Å². The molecule has 33 heavy (non-hydrogen) atoms. The minimum atomic E-state index is -0.464. The van der Waals surface area contributed by atoms with Crippen molar-refractivity contribution in [1.82, 2.24) is 4.90 Å². The third-order valence-corrected chi connectivity index (χ3v) is 8.81. The van der Waals surface area contributed by atoms with Crippen LogP contribution in [0.4, 0.5) is 0 Å². The van der Waals surface area contributed by atoms with Gasteiger partial charge in [-0.05, 0) is 90.7 Å². The Kier molecular flexibility index (Phi) is 5.56. The minimum Gasteiger partial charge on any atom is -0.423 e. The maximum atomic E-state index is 12.5. The molecule has 2 fully saturated rings. The summed E-state index contributed by atoms with van der Waals surface area (Å²) in [6, 6.07) is 15.1. The SMILES string of the molecule is CC(=O)N(C)[C@H]1[C@H](O)C[C@H]2[C@@H]3CCc4cc(OC(=O)c5ccccc5)ccc4[C@H]3CC[C@]12C. The average Bonchev–Trinajstić information content (AvgIpc) is 3.08. The number of aryl methyl sites for hydroxylation is 1. The summed E-state index contributed by atoms with van der Waals surface area (Å²) in [6.07, 6.45) is 4.38. The molecular formula is C28H33NO4. The van der Waals surface area contributed by atoms with Crippen molar-refractivity contribution in [2.45, 2.75) is 64.0 Å². The van der Waals surface area contributed by atoms with Crippen LogP contribution in [0.3, 0.4) is 0 Å². The molecule has 3 aliphatic carbocycles. The summed E-state index contributed by atoms with van der Waals surface area (Å²) in [5, 5.41) is 11.0. The van der Waals surface area contributed by atoms with Gasteiger partial charge < -0.3 is 14.7 Å². The number of nitrogens with zero attached hydrogens (tertiary/aromatic N) is 1. The van der Waals surface area contributed by atoms with Gasteiger partial charge in [0.15, 0.2) is 0 Å². The molecule has 0 unspecified atom stereocenters. The van der Waals surface area contributed by atoms with Crippen molar-refractivity contribution in [2.24, 2.45) is 17.3 Å². The molecule has 0 spiro atoms. The van der Waals surface area contributed by atoms with Crippen LogP contribution in [-0.2, 0) is 11.2 Å². The van der Waals surface area contributed by atoms with Crippen molar-refractivity contribution in [1.29, 1.82) is 0 Å². The van der Waals surface area contributed by atoms with Gasteiger partial charge in [0, 0.05) is 14.0 Å². The van der Waals surface area contributed by atoms with E-state index in [0.29, 0.717) is 29.1 Å². The Hall–Kier alpha value is -2.66. The Labute approximate surface area is 195 Å². The van der Waals surface area contributed by atoms with Gasteiger partial charge in [-0.2, -0.15) is 0 Å². The van der Waals surface area contributed by atoms with Crippen LogP contribution in [-0.4, -0.2) is 41.1 Å². The second kappa shape index (κ2) is 8.28. The first-order chi connectivity index (χ1) is 15.8. The molecule has 2 saturated carbocycles. The number of carbonyl (C=O) groups is 2. The molecule has 1 amide bonds. The zero-order valence-electron chi connectivity index (χ0n) is 19.7. The van der Waals surface area contributed by atoms with Crippen LogP contribution in [0, 0.1) is 17.3 Å². The standard InChI is InChI=1S/C28H33NO4/c1-17(30)29(3)26-25(31)16-24-23-11-9-19-15-20(33-27(32)18-7-5-4-6-8-18)10-12-21(19)22(23)13-14-28(24,26)2/h4-8,10,12,15,22-26,31H,9,11,13-14,16H2,1-3H3/t22-,23-,24+,25-,26+,28+/m1/s1. The Balaban J connectivity index is 1.37. The van der Waals surface area contributed by atoms with Crippen molar-refractivity contribution < 1.29 is 19.4 Å². The van der Waals surface area contributed by atoms with Crippen molar-refractivity contribution in [3.05, 3.63) is 65.2 Å². The first-order valence-electron chi connectivity index (χ1n) is 12.1. The summed E-state index contributed by atoms with van der Waals surface area (Å²) in [5.74, 6) is 1.66. The number of carbonyl (C=O) groups excluding carboxylic acids is 2. The van der Waals surface area contributed by atoms with Crippen LogP contribution in [0.15, 0.2) is 48.5 Å². The number of fused-ring (bicyclic) bond motifs is 5. The van der Waals surface area contributed by atoms with E-state index in [0.717, 1.165) is 32.1 Å². The minimum absolute atomic E-state index is 0.0228. The zero-order chi connectivity index (χ0) is 23.3. The Morgan fingerprint density at radius 3 is 2.61 bits per heavy atom. The number of rotatable bonds is 3. The van der Waals surface area contributed by atoms with Gasteiger partial charge in [0.2, 0.25) is 5.91 Å². The summed E-state index contributed by atoms with van der Waals surface area (Å²) < 4.78 is 5.66. The lowest BCUT2D eigenvalue weighted by Gasteiger charge is -2.52. The van der Waals surface area contributed by atoms with E-state index in [2.05, 4.69) is 13.0 Å². The van der Waals surface area contributed by atoms with Gasteiger partial charge in [-0.15, -0.1) is 0 Å². The Bertz CT molecular complexity index is 1070. The third-order valence-electron chi connectivity index (χ3n) is 8.81. The fourth-order valence-corrected chi connectivity index (χ4v) is 7.25. The number of ether oxygens (including phenoxy) is 1. The zero-order valence-corrected chi connectivity index (χ0v) is 19.7. The van der Waals surface area contributed by atoms with Gasteiger partial charge in [-0.25, -0.2) is 4.79 Å². The monoisotopic (exact) mass is 447 g/mol. The van der Waals surface area contributed by atoms with E-state index >= 15 is 0 Å². The maximum absolute atomic E-state index is 12.5. The molecule has 5 heteroatoms. The summed E-state index contributed by atoms with van der Waals surface area (Å²) in [5.41, 5.74) is 3.13. The maximum Gasteiger partial charge on any atom is 0.343 e. The van der Waals surface area contributed by atoms with Gasteiger partial charge >= 0.3 is 5.97 Å². The molecule has 2 aromatic rings. The van der Waals surface area contributed by atoms with E-state index in [4.69, 9.17) is 4.74 Å². The van der Waals surface area contributed by atoms with Crippen LogP contribution in [0.2, 0.25) is 0 Å². The van der Waals surface area contributed by atoms with Crippen molar-refractivity contribution >= 4 is 11.9 Å². The van der Waals surface area contributed by atoms with E-state index in [1.54, 1.807) is 24.0 Å². The molecule has 5 rings (SSSR count). The van der Waals surface area contributed by atoms with Gasteiger partial charge in [-0.3, -0.25) is 4.79 Å². The average molecular weight is 448 g/mol. The summed E-state index contributed by atoms with van der Waals surface area (Å²) >= 11 is 0. The largest absolute Gasteiger partial charge is 0.423 e. The molecule has 0 aromatic heterocycles. The smallest absolute Gasteiger partial charge is 0.343 e. The number of hydrogen-bond donors (Lipinski definition) is 1. The molecule has 174 valence electrons. The predicted octanol–water partition coefficient (Wildman–Crippen LogP) is 4.58. The summed E-state index contributed by atoms with van der Waals surface area (Å²) in [7, 11) is 1.84. The van der Waals surface area contributed by atoms with Gasteiger partial charge in [0.25, 0.3) is 0 Å². The Morgan fingerprint density at radius 2 is 1.88 bits per heavy atom. The lowest BCUT2D eigenvalue weighted by molar-refractivity contribution is -0.135. The Morgan fingerprint density at radius 1 is 1.12 bits per heavy atom. The quantitative estimate of drug-likeness (QED) is 0.553. The molecule has 0 bridgehead atoms. The first kappa shape index (κ1) is 22.1. The second-order valence-electron chi connectivity index (χ2n) is 10.5. The van der Waals surface area contributed by atoms with E-state index in [-0.39, 0.29) is 23.3 Å². The lowest BCUT2D eigenvalue weighted by Crippen LogP contribution is -2.52. The van der Waals surface area contributed by atoms with Crippen LogP contribution < -0.4 is 4.74 Å². The highest BCUT2D eigenvalue weighted by Gasteiger charge is 2.59. The number of aliphatic hydroxyl groups excluding tert-OH is 1. The van der Waals surface area contributed by atoms with E-state index < -0.39 is 6.10 Å². The molecular weight excluding hydrogens is 414 g/mol. The molecule has 1 N–H and O–H groups in total. The normalized spacial score (nSPS) is 32.3. The molecule has 6 atom stereocenters. The van der Waals surface area contributed by atoms with Gasteiger partial charge in [0.05, 0.1) is 17.7 Å². The van der Waals surface area contributed by atoms with Crippen LogP contribution in [0.5, 0.6) is 5.75 Å². The van der Waals surface area contributed by atoms with E-state index in [1.165, 1.54) is 11.1 Å². The van der Waals surface area contributed by atoms with Crippen molar-refractivity contribution in [3.63, 3.8) is 0 Å². The molecule has 0 heterocycles. The molecule has 0 saturated heterocycles. The molecule has 5 nitrogen and oxygen atoms in total. The molecule has 3 aliphatic rings. The van der Waals surface area contributed by atoms with Gasteiger partial charge in [0.1, 0.15) is 5.75 Å². The summed E-state index contributed by atoms with van der Waals surface area (Å²) in [4.78, 5) is 26.4. The number of aliphatic hydroxyl groups is 1. The number of esters is 1. The number of benzene rings is 2. The van der Waals surface area contributed by atoms with Crippen molar-refractivity contribution in [2.75, 3.05) is 7.05 Å². The summed E-state index contributed by atoms with van der Waals surface area (Å²) in [6.45, 7) is 3.88. The topological polar surface area (TPSA) is 66.8 Å². The fourth-order valence-electron chi connectivity index (χ4n) is 7.25. The highest BCUT2D eigenvalue weighted by Crippen LogP contribution is 2.61. The van der Waals surface area contributed by atoms with Crippen molar-refractivity contribution in [3.8, 4) is 5.75 Å². The number of hydrogen-bond acceptors (Lipinski definition) is 4. The number of likely N-dealkylation sites (N-methyl/N-ethyl adjacent to an activating group) is 1.